The number of H-pyrrole nitrogens is 1. The van der Waals surface area contributed by atoms with E-state index < -0.39 is 21.9 Å². The third-order valence-corrected chi connectivity index (χ3v) is 4.17. The lowest BCUT2D eigenvalue weighted by molar-refractivity contribution is -0.140. The maximum atomic E-state index is 12.1. The molecule has 0 aliphatic rings. The number of pyridine rings is 1. The number of nitrogens with zero attached hydrogens (tertiary/aromatic N) is 1. The van der Waals surface area contributed by atoms with Crippen LogP contribution in [0.5, 0.6) is 0 Å². The zero-order chi connectivity index (χ0) is 14.0. The van der Waals surface area contributed by atoms with Gasteiger partial charge >= 0.3 is 5.97 Å². The lowest BCUT2D eigenvalue weighted by Gasteiger charge is -2.08. The average molecular weight is 283 g/mol. The van der Waals surface area contributed by atoms with Crippen molar-refractivity contribution in [3.63, 3.8) is 0 Å². The minimum absolute atomic E-state index is 0.0631. The summed E-state index contributed by atoms with van der Waals surface area (Å²) in [6.45, 7) is 1.27. The van der Waals surface area contributed by atoms with Gasteiger partial charge in [0.25, 0.3) is 0 Å². The van der Waals surface area contributed by atoms with E-state index in [4.69, 9.17) is 5.11 Å². The van der Waals surface area contributed by atoms with Gasteiger partial charge in [0.1, 0.15) is 10.5 Å². The van der Waals surface area contributed by atoms with Gasteiger partial charge in [-0.25, -0.2) is 18.1 Å². The molecule has 0 aliphatic carbocycles. The largest absolute Gasteiger partial charge is 0.481 e. The Morgan fingerprint density at radius 3 is 3.00 bits per heavy atom. The highest BCUT2D eigenvalue weighted by Crippen LogP contribution is 2.20. The molecule has 0 aromatic carbocycles. The Labute approximate surface area is 109 Å². The molecule has 7 nitrogen and oxygen atoms in total. The third-order valence-electron chi connectivity index (χ3n) is 2.70. The van der Waals surface area contributed by atoms with Crippen molar-refractivity contribution in [2.24, 2.45) is 5.92 Å². The number of rotatable bonds is 5. The van der Waals surface area contributed by atoms with Crippen molar-refractivity contribution >= 4 is 27.0 Å². The molecule has 0 bridgehead atoms. The first-order valence-electron chi connectivity index (χ1n) is 5.56. The summed E-state index contributed by atoms with van der Waals surface area (Å²) in [6, 6.07) is 3.27. The molecule has 2 aromatic heterocycles. The van der Waals surface area contributed by atoms with Crippen LogP contribution in [0.2, 0.25) is 0 Å². The van der Waals surface area contributed by atoms with Crippen LogP contribution >= 0.6 is 0 Å². The second-order valence-corrected chi connectivity index (χ2v) is 5.88. The Hall–Kier alpha value is -1.93. The van der Waals surface area contributed by atoms with Crippen molar-refractivity contribution in [1.82, 2.24) is 14.7 Å². The van der Waals surface area contributed by atoms with Crippen LogP contribution in [0.25, 0.3) is 11.0 Å². The van der Waals surface area contributed by atoms with E-state index in [2.05, 4.69) is 14.7 Å². The standard InChI is InChI=1S/C11H13N3O4S/c1-7(11(15)16)5-14-19(17,18)9-6-13-10-8(9)3-2-4-12-10/h2-4,6-7,14H,5H2,1H3,(H,12,13)(H,15,16). The summed E-state index contributed by atoms with van der Waals surface area (Å²) in [5.74, 6) is -1.85. The van der Waals surface area contributed by atoms with Crippen LogP contribution in [-0.4, -0.2) is 36.0 Å². The van der Waals surface area contributed by atoms with Gasteiger partial charge < -0.3 is 10.1 Å². The predicted molar refractivity (Wildman–Crippen MR) is 68.1 cm³/mol. The quantitative estimate of drug-likeness (QED) is 0.742. The number of carboxylic acid groups (broad SMARTS) is 1. The second-order valence-electron chi connectivity index (χ2n) is 4.14. The van der Waals surface area contributed by atoms with Gasteiger partial charge in [0, 0.05) is 24.3 Å². The van der Waals surface area contributed by atoms with Crippen molar-refractivity contribution < 1.29 is 18.3 Å². The van der Waals surface area contributed by atoms with Gasteiger partial charge in [0.2, 0.25) is 10.0 Å². The highest BCUT2D eigenvalue weighted by molar-refractivity contribution is 7.89. The minimum Gasteiger partial charge on any atom is -0.481 e. The van der Waals surface area contributed by atoms with E-state index >= 15 is 0 Å². The fourth-order valence-corrected chi connectivity index (χ4v) is 2.85. The van der Waals surface area contributed by atoms with Gasteiger partial charge in [-0.2, -0.15) is 0 Å². The maximum Gasteiger partial charge on any atom is 0.307 e. The van der Waals surface area contributed by atoms with E-state index in [9.17, 15) is 13.2 Å². The van der Waals surface area contributed by atoms with Crippen LogP contribution in [0.15, 0.2) is 29.4 Å². The summed E-state index contributed by atoms with van der Waals surface area (Å²) >= 11 is 0. The topological polar surface area (TPSA) is 112 Å². The fraction of sp³-hybridized carbons (Fsp3) is 0.273. The summed E-state index contributed by atoms with van der Waals surface area (Å²) < 4.78 is 26.4. The van der Waals surface area contributed by atoms with Crippen LogP contribution in [0.4, 0.5) is 0 Å². The van der Waals surface area contributed by atoms with Crippen LogP contribution < -0.4 is 4.72 Å². The van der Waals surface area contributed by atoms with Gasteiger partial charge in [-0.05, 0) is 12.1 Å². The van der Waals surface area contributed by atoms with E-state index in [-0.39, 0.29) is 11.4 Å². The Kier molecular flexibility index (Phi) is 3.54. The molecule has 19 heavy (non-hydrogen) atoms. The number of aliphatic carboxylic acids is 1. The molecule has 1 unspecified atom stereocenters. The van der Waals surface area contributed by atoms with Crippen LogP contribution in [0.3, 0.4) is 0 Å². The number of nitrogens with one attached hydrogen (secondary N) is 2. The Balaban J connectivity index is 2.27. The molecule has 0 saturated heterocycles. The molecular weight excluding hydrogens is 270 g/mol. The highest BCUT2D eigenvalue weighted by atomic mass is 32.2. The molecule has 0 amide bonds. The molecule has 2 aromatic rings. The van der Waals surface area contributed by atoms with Gasteiger partial charge in [-0.1, -0.05) is 6.92 Å². The van der Waals surface area contributed by atoms with Crippen molar-refractivity contribution in [3.8, 4) is 0 Å². The van der Waals surface area contributed by atoms with Gasteiger partial charge in [-0.3, -0.25) is 4.79 Å². The summed E-state index contributed by atoms with van der Waals surface area (Å²) in [7, 11) is -3.76. The molecule has 0 spiro atoms. The minimum atomic E-state index is -3.76. The first-order valence-corrected chi connectivity index (χ1v) is 7.04. The lowest BCUT2D eigenvalue weighted by Crippen LogP contribution is -2.31. The molecule has 2 rings (SSSR count). The van der Waals surface area contributed by atoms with E-state index in [1.54, 1.807) is 18.3 Å². The van der Waals surface area contributed by atoms with E-state index in [1.807, 2.05) is 0 Å². The Morgan fingerprint density at radius 1 is 1.58 bits per heavy atom. The number of carboxylic acids is 1. The number of fused-ring (bicyclic) bond motifs is 1. The first kappa shape index (κ1) is 13.5. The van der Waals surface area contributed by atoms with E-state index in [0.29, 0.717) is 11.0 Å². The number of carbonyl (C=O) groups is 1. The molecule has 0 radical (unpaired) electrons. The number of sulfonamides is 1. The van der Waals surface area contributed by atoms with Crippen LogP contribution in [0.1, 0.15) is 6.92 Å². The zero-order valence-corrected chi connectivity index (χ0v) is 10.9. The van der Waals surface area contributed by atoms with Gasteiger partial charge in [0.15, 0.2) is 0 Å². The summed E-state index contributed by atoms with van der Waals surface area (Å²) in [6.07, 6.45) is 2.89. The molecule has 0 aliphatic heterocycles. The number of hydrogen-bond donors (Lipinski definition) is 3. The van der Waals surface area contributed by atoms with Crippen molar-refractivity contribution in [3.05, 3.63) is 24.5 Å². The second kappa shape index (κ2) is 4.98. The summed E-state index contributed by atoms with van der Waals surface area (Å²) in [5, 5.41) is 9.20. The van der Waals surface area contributed by atoms with Crippen molar-refractivity contribution in [2.45, 2.75) is 11.8 Å². The highest BCUT2D eigenvalue weighted by Gasteiger charge is 2.21. The number of aromatic amines is 1. The predicted octanol–water partition coefficient (Wildman–Crippen LogP) is 0.562. The molecule has 102 valence electrons. The van der Waals surface area contributed by atoms with Gasteiger partial charge in [0.05, 0.1) is 5.92 Å². The summed E-state index contributed by atoms with van der Waals surface area (Å²) in [4.78, 5) is 17.5. The maximum absolute atomic E-state index is 12.1. The Morgan fingerprint density at radius 2 is 2.32 bits per heavy atom. The zero-order valence-electron chi connectivity index (χ0n) is 10.1. The van der Waals surface area contributed by atoms with Crippen LogP contribution in [0, 0.1) is 5.92 Å². The molecule has 8 heteroatoms. The summed E-state index contributed by atoms with van der Waals surface area (Å²) in [5.41, 5.74) is 0.467. The number of aromatic nitrogens is 2. The van der Waals surface area contributed by atoms with E-state index in [0.717, 1.165) is 0 Å². The van der Waals surface area contributed by atoms with E-state index in [1.165, 1.54) is 13.1 Å². The number of hydrogen-bond acceptors (Lipinski definition) is 4. The van der Waals surface area contributed by atoms with Crippen LogP contribution in [-0.2, 0) is 14.8 Å². The normalized spacial score (nSPS) is 13.5. The SMILES string of the molecule is CC(CNS(=O)(=O)c1c[nH]c2ncccc12)C(=O)O. The third kappa shape index (κ3) is 2.74. The lowest BCUT2D eigenvalue weighted by atomic mass is 10.2. The molecule has 0 saturated carbocycles. The van der Waals surface area contributed by atoms with Crippen molar-refractivity contribution in [2.75, 3.05) is 6.54 Å². The molecule has 1 atom stereocenters. The smallest absolute Gasteiger partial charge is 0.307 e. The first-order chi connectivity index (χ1) is 8.92. The molecule has 3 N–H and O–H groups in total. The molecular formula is C11H13N3O4S. The molecule has 0 fully saturated rings. The fourth-order valence-electron chi connectivity index (χ4n) is 1.55. The molecule has 2 heterocycles. The average Bonchev–Trinajstić information content (AvgIpc) is 2.80. The Bertz CT molecular complexity index is 708. The monoisotopic (exact) mass is 283 g/mol. The van der Waals surface area contributed by atoms with Crippen molar-refractivity contribution in [1.29, 1.82) is 0 Å². The van der Waals surface area contributed by atoms with Gasteiger partial charge in [-0.15, -0.1) is 0 Å².